The highest BCUT2D eigenvalue weighted by molar-refractivity contribution is 6.83. The van der Waals surface area contributed by atoms with Crippen LogP contribution in [0.2, 0.25) is 37.8 Å². The molecule has 0 aliphatic rings. The Bertz CT molecular complexity index is 395. The molecule has 0 bridgehead atoms. The number of hydrogen-bond donors (Lipinski definition) is 1. The minimum Gasteiger partial charge on any atom is -0.417 e. The Balaban J connectivity index is 3.60. The molecule has 0 aromatic rings. The molecule has 0 heterocycles. The molecule has 1 atom stereocenters. The van der Waals surface area contributed by atoms with Gasteiger partial charge in [-0.3, -0.25) is 0 Å². The lowest BCUT2D eigenvalue weighted by Gasteiger charge is -2.36. The standard InChI is InChI=1S/C20H42O2Si2/c1-20(2,3)24(7,8)22-17-14-12-10-9-11-13-15-19(21)16-18-23(4,5)6/h19,21H,9-15,17H2,1-8H3. The lowest BCUT2D eigenvalue weighted by atomic mass is 10.1. The second-order valence-corrected chi connectivity index (χ2v) is 19.1. The number of aliphatic hydroxyl groups is 1. The molecular weight excluding hydrogens is 328 g/mol. The third-order valence-corrected chi connectivity index (χ3v) is 10.2. The second kappa shape index (κ2) is 10.8. The van der Waals surface area contributed by atoms with E-state index in [2.05, 4.69) is 65.0 Å². The summed E-state index contributed by atoms with van der Waals surface area (Å²) in [5.74, 6) is 3.02. The van der Waals surface area contributed by atoms with Crippen LogP contribution in [0.4, 0.5) is 0 Å². The minimum atomic E-state index is -1.56. The van der Waals surface area contributed by atoms with Crippen molar-refractivity contribution in [2.45, 2.75) is 110 Å². The molecule has 0 aliphatic carbocycles. The van der Waals surface area contributed by atoms with E-state index in [0.29, 0.717) is 5.04 Å². The smallest absolute Gasteiger partial charge is 0.191 e. The van der Waals surface area contributed by atoms with Gasteiger partial charge in [0, 0.05) is 6.61 Å². The largest absolute Gasteiger partial charge is 0.417 e. The fourth-order valence-corrected chi connectivity index (χ4v) is 3.75. The van der Waals surface area contributed by atoms with E-state index in [1.165, 1.54) is 32.1 Å². The van der Waals surface area contributed by atoms with Gasteiger partial charge in [0.05, 0.1) is 0 Å². The first-order valence-corrected chi connectivity index (χ1v) is 16.1. The van der Waals surface area contributed by atoms with Crippen molar-refractivity contribution in [3.05, 3.63) is 0 Å². The van der Waals surface area contributed by atoms with Gasteiger partial charge in [0.25, 0.3) is 0 Å². The van der Waals surface area contributed by atoms with Gasteiger partial charge in [-0.1, -0.05) is 72.0 Å². The van der Waals surface area contributed by atoms with Gasteiger partial charge >= 0.3 is 0 Å². The van der Waals surface area contributed by atoms with E-state index in [4.69, 9.17) is 4.43 Å². The van der Waals surface area contributed by atoms with E-state index in [0.717, 1.165) is 19.4 Å². The summed E-state index contributed by atoms with van der Waals surface area (Å²) in [6, 6.07) is 0. The predicted molar refractivity (Wildman–Crippen MR) is 113 cm³/mol. The van der Waals surface area contributed by atoms with Gasteiger partial charge in [-0.2, -0.15) is 0 Å². The Labute approximate surface area is 153 Å². The fraction of sp³-hybridized carbons (Fsp3) is 0.900. The molecule has 1 N–H and O–H groups in total. The molecule has 0 aromatic heterocycles. The van der Waals surface area contributed by atoms with Crippen molar-refractivity contribution >= 4 is 16.4 Å². The summed E-state index contributed by atoms with van der Waals surface area (Å²) in [6.45, 7) is 19.1. The molecule has 2 nitrogen and oxygen atoms in total. The molecular formula is C20H42O2Si2. The van der Waals surface area contributed by atoms with Gasteiger partial charge in [-0.25, -0.2) is 0 Å². The Morgan fingerprint density at radius 1 is 0.875 bits per heavy atom. The summed E-state index contributed by atoms with van der Waals surface area (Å²) in [5.41, 5.74) is 3.25. The normalized spacial score (nSPS) is 14.2. The van der Waals surface area contributed by atoms with Crippen molar-refractivity contribution in [1.29, 1.82) is 0 Å². The Kier molecular flexibility index (Phi) is 10.8. The molecule has 1 unspecified atom stereocenters. The lowest BCUT2D eigenvalue weighted by Crippen LogP contribution is -2.40. The van der Waals surface area contributed by atoms with Crippen LogP contribution in [-0.4, -0.2) is 34.2 Å². The third-order valence-electron chi connectivity index (χ3n) is 4.75. The maximum atomic E-state index is 9.86. The Morgan fingerprint density at radius 2 is 1.38 bits per heavy atom. The van der Waals surface area contributed by atoms with Crippen molar-refractivity contribution in [2.75, 3.05) is 6.61 Å². The maximum Gasteiger partial charge on any atom is 0.191 e. The van der Waals surface area contributed by atoms with Crippen molar-refractivity contribution < 1.29 is 9.53 Å². The predicted octanol–water partition coefficient (Wildman–Crippen LogP) is 5.98. The summed E-state index contributed by atoms with van der Waals surface area (Å²) in [4.78, 5) is 0. The summed E-state index contributed by atoms with van der Waals surface area (Å²) < 4.78 is 6.20. The SMILES string of the molecule is CC(C)(C)[Si](C)(C)OCCCCCCCCC(O)C#C[Si](C)(C)C. The Morgan fingerprint density at radius 3 is 1.88 bits per heavy atom. The number of aliphatic hydroxyl groups excluding tert-OH is 1. The van der Waals surface area contributed by atoms with Gasteiger partial charge in [0.1, 0.15) is 14.2 Å². The van der Waals surface area contributed by atoms with Crippen molar-refractivity contribution in [2.24, 2.45) is 0 Å². The van der Waals surface area contributed by atoms with Crippen LogP contribution < -0.4 is 0 Å². The first-order valence-electron chi connectivity index (χ1n) is 9.70. The minimum absolute atomic E-state index is 0.312. The zero-order chi connectivity index (χ0) is 18.9. The van der Waals surface area contributed by atoms with E-state index in [-0.39, 0.29) is 0 Å². The highest BCUT2D eigenvalue weighted by Crippen LogP contribution is 2.36. The molecule has 0 rings (SSSR count). The summed E-state index contributed by atoms with van der Waals surface area (Å²) in [6.07, 6.45) is 7.66. The third kappa shape index (κ3) is 12.3. The molecule has 24 heavy (non-hydrogen) atoms. The molecule has 142 valence electrons. The molecule has 0 radical (unpaired) electrons. The van der Waals surface area contributed by atoms with Crippen LogP contribution >= 0.6 is 0 Å². The van der Waals surface area contributed by atoms with Crippen LogP contribution in [0.5, 0.6) is 0 Å². The average molecular weight is 371 g/mol. The van der Waals surface area contributed by atoms with Crippen LogP contribution in [0.25, 0.3) is 0 Å². The average Bonchev–Trinajstić information content (AvgIpc) is 2.41. The maximum absolute atomic E-state index is 9.86. The van der Waals surface area contributed by atoms with Gasteiger partial charge in [0.2, 0.25) is 0 Å². The molecule has 0 aliphatic heterocycles. The summed E-state index contributed by atoms with van der Waals surface area (Å²) in [5, 5.41) is 10.2. The second-order valence-electron chi connectivity index (χ2n) is 9.55. The Hall–Kier alpha value is -0.0862. The topological polar surface area (TPSA) is 29.5 Å². The molecule has 4 heteroatoms. The fourth-order valence-electron chi connectivity index (χ4n) is 2.06. The first kappa shape index (κ1) is 23.9. The van der Waals surface area contributed by atoms with Crippen LogP contribution in [0, 0.1) is 11.5 Å². The van der Waals surface area contributed by atoms with Crippen molar-refractivity contribution in [3.8, 4) is 11.5 Å². The molecule has 0 saturated heterocycles. The van der Waals surface area contributed by atoms with Crippen molar-refractivity contribution in [1.82, 2.24) is 0 Å². The summed E-state index contributed by atoms with van der Waals surface area (Å²) >= 11 is 0. The highest BCUT2D eigenvalue weighted by Gasteiger charge is 2.36. The molecule has 0 saturated carbocycles. The van der Waals surface area contributed by atoms with Crippen LogP contribution in [0.1, 0.15) is 65.7 Å². The number of unbranched alkanes of at least 4 members (excludes halogenated alkanes) is 5. The van der Waals surface area contributed by atoms with Crippen LogP contribution in [-0.2, 0) is 4.43 Å². The van der Waals surface area contributed by atoms with E-state index in [9.17, 15) is 5.11 Å². The van der Waals surface area contributed by atoms with Crippen LogP contribution in [0.15, 0.2) is 0 Å². The van der Waals surface area contributed by atoms with E-state index >= 15 is 0 Å². The zero-order valence-corrected chi connectivity index (χ0v) is 19.6. The molecule has 0 aromatic carbocycles. The quantitative estimate of drug-likeness (QED) is 0.291. The van der Waals surface area contributed by atoms with E-state index in [1.807, 2.05) is 0 Å². The van der Waals surface area contributed by atoms with Gasteiger partial charge in [-0.05, 0) is 37.4 Å². The van der Waals surface area contributed by atoms with Crippen molar-refractivity contribution in [3.63, 3.8) is 0 Å². The summed E-state index contributed by atoms with van der Waals surface area (Å²) in [7, 11) is -2.91. The molecule has 0 fully saturated rings. The highest BCUT2D eigenvalue weighted by atomic mass is 28.4. The number of rotatable bonds is 10. The first-order chi connectivity index (χ1) is 10.9. The van der Waals surface area contributed by atoms with Crippen LogP contribution in [0.3, 0.4) is 0 Å². The monoisotopic (exact) mass is 370 g/mol. The van der Waals surface area contributed by atoms with E-state index in [1.54, 1.807) is 0 Å². The van der Waals surface area contributed by atoms with Gasteiger partial charge < -0.3 is 9.53 Å². The lowest BCUT2D eigenvalue weighted by molar-refractivity contribution is 0.217. The number of hydrogen-bond acceptors (Lipinski definition) is 2. The van der Waals surface area contributed by atoms with Gasteiger partial charge in [0.15, 0.2) is 8.32 Å². The zero-order valence-electron chi connectivity index (χ0n) is 17.6. The van der Waals surface area contributed by atoms with E-state index < -0.39 is 22.5 Å². The molecule has 0 spiro atoms. The molecule has 0 amide bonds. The van der Waals surface area contributed by atoms with Gasteiger partial charge in [-0.15, -0.1) is 5.54 Å².